The minimum atomic E-state index is -4.67. The third kappa shape index (κ3) is 3.28. The Kier molecular flexibility index (Phi) is 4.09. The number of rotatable bonds is 3. The number of alkyl halides is 3. The molecule has 2 nitrogen and oxygen atoms in total. The van der Waals surface area contributed by atoms with Gasteiger partial charge in [-0.15, -0.1) is 0 Å². The van der Waals surface area contributed by atoms with Crippen LogP contribution in [-0.4, -0.2) is 17.5 Å². The van der Waals surface area contributed by atoms with Crippen molar-refractivity contribution in [2.45, 2.75) is 6.18 Å². The summed E-state index contributed by atoms with van der Waals surface area (Å²) in [7, 11) is 0. The van der Waals surface area contributed by atoms with E-state index in [-0.39, 0.29) is 16.7 Å². The van der Waals surface area contributed by atoms with Crippen molar-refractivity contribution in [3.63, 3.8) is 0 Å². The fraction of sp³-hybridized carbons (Fsp3) is 0.133. The molecule has 0 heterocycles. The second-order valence-corrected chi connectivity index (χ2v) is 4.35. The highest BCUT2D eigenvalue weighted by molar-refractivity contribution is 5.97. The molecule has 6 heteroatoms. The number of carbonyl (C=O) groups is 1. The van der Waals surface area contributed by atoms with Crippen molar-refractivity contribution >= 4 is 5.78 Å². The van der Waals surface area contributed by atoms with Gasteiger partial charge in [-0.2, -0.15) is 13.2 Å². The average molecular weight is 298 g/mol. The van der Waals surface area contributed by atoms with E-state index in [0.29, 0.717) is 6.07 Å². The standard InChI is InChI=1S/C15H10F4O2/c16-11-4-1-9(2-5-11)12-6-3-10(14(21)8-20)7-13(12)15(17,18)19/h1-7,20H,8H2. The Bertz CT molecular complexity index is 660. The minimum absolute atomic E-state index is 0.156. The van der Waals surface area contributed by atoms with Crippen LogP contribution in [0.25, 0.3) is 11.1 Å². The molecule has 0 unspecified atom stereocenters. The second-order valence-electron chi connectivity index (χ2n) is 4.35. The molecule has 2 rings (SSSR count). The van der Waals surface area contributed by atoms with E-state index in [0.717, 1.165) is 18.2 Å². The van der Waals surface area contributed by atoms with Gasteiger partial charge in [0.1, 0.15) is 12.4 Å². The van der Waals surface area contributed by atoms with Gasteiger partial charge in [-0.05, 0) is 29.3 Å². The quantitative estimate of drug-likeness (QED) is 0.693. The van der Waals surface area contributed by atoms with E-state index >= 15 is 0 Å². The molecule has 0 aliphatic carbocycles. The lowest BCUT2D eigenvalue weighted by atomic mass is 9.96. The molecule has 1 N–H and O–H groups in total. The van der Waals surface area contributed by atoms with E-state index in [1.54, 1.807) is 0 Å². The van der Waals surface area contributed by atoms with Crippen LogP contribution in [0.1, 0.15) is 15.9 Å². The van der Waals surface area contributed by atoms with Gasteiger partial charge in [0, 0.05) is 5.56 Å². The first kappa shape index (κ1) is 15.2. The van der Waals surface area contributed by atoms with Crippen LogP contribution in [0.5, 0.6) is 0 Å². The molecule has 0 aromatic heterocycles. The minimum Gasteiger partial charge on any atom is -0.388 e. The molecular formula is C15H10F4O2. The van der Waals surface area contributed by atoms with Gasteiger partial charge in [0.15, 0.2) is 5.78 Å². The molecular weight excluding hydrogens is 288 g/mol. The molecule has 0 radical (unpaired) electrons. The largest absolute Gasteiger partial charge is 0.417 e. The van der Waals surface area contributed by atoms with Gasteiger partial charge in [0.2, 0.25) is 0 Å². The molecule has 0 spiro atoms. The number of hydrogen-bond acceptors (Lipinski definition) is 2. The number of halogens is 4. The predicted molar refractivity (Wildman–Crippen MR) is 68.3 cm³/mol. The van der Waals surface area contributed by atoms with E-state index in [1.165, 1.54) is 18.2 Å². The molecule has 0 bridgehead atoms. The van der Waals surface area contributed by atoms with Gasteiger partial charge >= 0.3 is 6.18 Å². The number of aliphatic hydroxyl groups excluding tert-OH is 1. The Morgan fingerprint density at radius 3 is 2.19 bits per heavy atom. The maximum atomic E-state index is 13.1. The van der Waals surface area contributed by atoms with Crippen LogP contribution in [0, 0.1) is 5.82 Å². The van der Waals surface area contributed by atoms with Gasteiger partial charge in [-0.25, -0.2) is 4.39 Å². The number of carbonyl (C=O) groups excluding carboxylic acids is 1. The molecule has 0 aliphatic heterocycles. The van der Waals surface area contributed by atoms with Gasteiger partial charge in [-0.1, -0.05) is 24.3 Å². The van der Waals surface area contributed by atoms with Crippen molar-refractivity contribution in [1.82, 2.24) is 0 Å². The summed E-state index contributed by atoms with van der Waals surface area (Å²) >= 11 is 0. The lowest BCUT2D eigenvalue weighted by Gasteiger charge is -2.14. The SMILES string of the molecule is O=C(CO)c1ccc(-c2ccc(F)cc2)c(C(F)(F)F)c1. The number of aliphatic hydroxyl groups is 1. The Hall–Kier alpha value is -2.21. The van der Waals surface area contributed by atoms with Gasteiger partial charge in [0.25, 0.3) is 0 Å². The first-order valence-electron chi connectivity index (χ1n) is 5.94. The van der Waals surface area contributed by atoms with Crippen molar-refractivity contribution in [2.75, 3.05) is 6.61 Å². The summed E-state index contributed by atoms with van der Waals surface area (Å²) < 4.78 is 52.2. The zero-order valence-corrected chi connectivity index (χ0v) is 10.6. The highest BCUT2D eigenvalue weighted by atomic mass is 19.4. The summed E-state index contributed by atoms with van der Waals surface area (Å²) in [5.41, 5.74) is -1.20. The normalized spacial score (nSPS) is 11.5. The fourth-order valence-electron chi connectivity index (χ4n) is 1.92. The van der Waals surface area contributed by atoms with E-state index in [9.17, 15) is 22.4 Å². The summed E-state index contributed by atoms with van der Waals surface area (Å²) in [6.07, 6.45) is -4.67. The van der Waals surface area contributed by atoms with Gasteiger partial charge in [-0.3, -0.25) is 4.79 Å². The third-order valence-corrected chi connectivity index (χ3v) is 2.95. The van der Waals surface area contributed by atoms with Crippen molar-refractivity contribution < 1.29 is 27.5 Å². The third-order valence-electron chi connectivity index (χ3n) is 2.95. The van der Waals surface area contributed by atoms with Crippen molar-refractivity contribution in [2.24, 2.45) is 0 Å². The Morgan fingerprint density at radius 2 is 1.67 bits per heavy atom. The van der Waals surface area contributed by atoms with E-state index in [4.69, 9.17) is 5.11 Å². The molecule has 0 saturated heterocycles. The van der Waals surface area contributed by atoms with Crippen LogP contribution in [-0.2, 0) is 6.18 Å². The second kappa shape index (κ2) is 5.65. The zero-order valence-electron chi connectivity index (χ0n) is 10.6. The number of benzene rings is 2. The Morgan fingerprint density at radius 1 is 1.05 bits per heavy atom. The summed E-state index contributed by atoms with van der Waals surface area (Å²) in [5, 5.41) is 8.73. The fourth-order valence-corrected chi connectivity index (χ4v) is 1.92. The predicted octanol–water partition coefficient (Wildman–Crippen LogP) is 3.69. The number of Topliss-reactive ketones (excluding diaryl/α,β-unsaturated/α-hetero) is 1. The molecule has 0 amide bonds. The van der Waals surface area contributed by atoms with Gasteiger partial charge < -0.3 is 5.11 Å². The Balaban J connectivity index is 2.60. The van der Waals surface area contributed by atoms with Crippen LogP contribution in [0.15, 0.2) is 42.5 Å². The summed E-state index contributed by atoms with van der Waals surface area (Å²) in [4.78, 5) is 11.3. The molecule has 0 aliphatic rings. The number of hydrogen-bond donors (Lipinski definition) is 1. The molecule has 0 atom stereocenters. The molecule has 0 fully saturated rings. The zero-order chi connectivity index (χ0) is 15.6. The van der Waals surface area contributed by atoms with Crippen LogP contribution in [0.3, 0.4) is 0 Å². The first-order chi connectivity index (χ1) is 9.82. The lowest BCUT2D eigenvalue weighted by molar-refractivity contribution is -0.137. The monoisotopic (exact) mass is 298 g/mol. The van der Waals surface area contributed by atoms with Crippen molar-refractivity contribution in [3.8, 4) is 11.1 Å². The molecule has 21 heavy (non-hydrogen) atoms. The van der Waals surface area contributed by atoms with E-state index in [1.807, 2.05) is 0 Å². The van der Waals surface area contributed by atoms with Crippen LogP contribution >= 0.6 is 0 Å². The summed E-state index contributed by atoms with van der Waals surface area (Å²) in [6.45, 7) is -0.868. The highest BCUT2D eigenvalue weighted by Crippen LogP contribution is 2.37. The smallest absolute Gasteiger partial charge is 0.388 e. The summed E-state index contributed by atoms with van der Waals surface area (Å²) in [5.74, 6) is -1.36. The van der Waals surface area contributed by atoms with Crippen LogP contribution in [0.4, 0.5) is 17.6 Å². The average Bonchev–Trinajstić information content (AvgIpc) is 2.46. The van der Waals surface area contributed by atoms with Crippen molar-refractivity contribution in [1.29, 1.82) is 0 Å². The lowest BCUT2D eigenvalue weighted by Crippen LogP contribution is -2.11. The first-order valence-corrected chi connectivity index (χ1v) is 5.94. The van der Waals surface area contributed by atoms with Crippen molar-refractivity contribution in [3.05, 3.63) is 59.4 Å². The molecule has 2 aromatic rings. The maximum Gasteiger partial charge on any atom is 0.417 e. The maximum absolute atomic E-state index is 13.1. The Labute approximate surface area is 117 Å². The van der Waals surface area contributed by atoms with E-state index < -0.39 is 29.9 Å². The topological polar surface area (TPSA) is 37.3 Å². The van der Waals surface area contributed by atoms with Gasteiger partial charge in [0.05, 0.1) is 5.56 Å². The number of ketones is 1. The van der Waals surface area contributed by atoms with Crippen LogP contribution in [0.2, 0.25) is 0 Å². The molecule has 2 aromatic carbocycles. The van der Waals surface area contributed by atoms with E-state index in [2.05, 4.69) is 0 Å². The molecule has 110 valence electrons. The van der Waals surface area contributed by atoms with Crippen LogP contribution < -0.4 is 0 Å². The highest BCUT2D eigenvalue weighted by Gasteiger charge is 2.34. The molecule has 0 saturated carbocycles. The summed E-state index contributed by atoms with van der Waals surface area (Å²) in [6, 6.07) is 7.61.